The van der Waals surface area contributed by atoms with E-state index in [9.17, 15) is 24.0 Å². The average Bonchev–Trinajstić information content (AvgIpc) is 3.87. The van der Waals surface area contributed by atoms with Crippen molar-refractivity contribution in [2.24, 2.45) is 11.8 Å². The van der Waals surface area contributed by atoms with Gasteiger partial charge >= 0.3 is 0 Å². The Morgan fingerprint density at radius 3 is 1.49 bits per heavy atom. The SMILES string of the molecule is CN(C)C1CCC(C(=O)Nc2c(C(=O)Nc3ccc(Cl)cn3)oc3ccc(N)cc23)CC1.COCC(=O)Nc1ccc2oc(C(=O)Nc3ccc(Cl)cn3)c(NC(=O)C3CCC(N(C)C)CC3)c2c1.Cl. The van der Waals surface area contributed by atoms with Gasteiger partial charge in [0.1, 0.15) is 40.8 Å². The molecule has 4 heterocycles. The van der Waals surface area contributed by atoms with Crippen LogP contribution in [0.1, 0.15) is 72.5 Å². The van der Waals surface area contributed by atoms with Gasteiger partial charge in [-0.25, -0.2) is 9.97 Å². The molecule has 5 amide bonds. The Morgan fingerprint density at radius 1 is 0.629 bits per heavy atom. The van der Waals surface area contributed by atoms with Crippen LogP contribution in [0.2, 0.25) is 10.0 Å². The van der Waals surface area contributed by atoms with E-state index < -0.39 is 11.8 Å². The minimum absolute atomic E-state index is 0. The zero-order valence-electron chi connectivity index (χ0n) is 39.4. The number of nitrogens with two attached hydrogens (primary N) is 1. The third-order valence-corrected chi connectivity index (χ3v) is 12.8. The molecule has 372 valence electrons. The van der Waals surface area contributed by atoms with Gasteiger partial charge in [-0.05, 0) is 140 Å². The summed E-state index contributed by atoms with van der Waals surface area (Å²) in [4.78, 5) is 77.1. The highest BCUT2D eigenvalue weighted by Crippen LogP contribution is 2.37. The van der Waals surface area contributed by atoms with Gasteiger partial charge < -0.3 is 55.7 Å². The molecule has 18 nitrogen and oxygen atoms in total. The Kier molecular flexibility index (Phi) is 18.2. The number of ether oxygens (including phenoxy) is 1. The number of carbonyl (C=O) groups excluding carboxylic acids is 5. The van der Waals surface area contributed by atoms with Gasteiger partial charge in [0.25, 0.3) is 11.8 Å². The van der Waals surface area contributed by atoms with Crippen molar-refractivity contribution in [2.75, 3.05) is 74.2 Å². The second kappa shape index (κ2) is 24.0. The van der Waals surface area contributed by atoms with Crippen LogP contribution in [0.3, 0.4) is 0 Å². The van der Waals surface area contributed by atoms with Gasteiger partial charge in [0.15, 0.2) is 0 Å². The molecule has 6 aromatic rings. The van der Waals surface area contributed by atoms with E-state index in [0.29, 0.717) is 66.9 Å². The number of pyridine rings is 2. The molecule has 8 rings (SSSR count). The van der Waals surface area contributed by atoms with Gasteiger partial charge in [0.2, 0.25) is 29.2 Å². The summed E-state index contributed by atoms with van der Waals surface area (Å²) in [5.41, 5.74) is 8.33. The monoisotopic (exact) mass is 1020 g/mol. The lowest BCUT2D eigenvalue weighted by Crippen LogP contribution is -2.35. The number of halogens is 3. The summed E-state index contributed by atoms with van der Waals surface area (Å²) in [7, 11) is 9.65. The molecule has 0 radical (unpaired) electrons. The number of nitrogens with zero attached hydrogens (tertiary/aromatic N) is 4. The zero-order valence-corrected chi connectivity index (χ0v) is 41.7. The lowest BCUT2D eigenvalue weighted by molar-refractivity contribution is -0.121. The molecule has 0 bridgehead atoms. The van der Waals surface area contributed by atoms with Crippen LogP contribution < -0.4 is 32.3 Å². The standard InChI is InChI=1S/C26H30ClN5O5.C23H26ClN5O3.ClH/c1-32(2)18-8-4-15(5-9-18)25(34)31-23-19-12-17(29-22(33)14-36-3)7-10-20(19)37-24(23)26(35)30-21-11-6-16(27)13-28-21;1-29(2)16-7-3-13(4-8-16)22(30)28-20-17-11-15(25)6-9-18(17)32-21(20)23(31)27-19-10-5-14(24)12-26-19;/h6-7,10-13,15,18H,4-5,8-9,14H2,1-3H3,(H,29,33)(H,31,34)(H,28,30,35);5-6,9-13,16H,3-4,7-8,25H2,1-2H3,(H,28,30)(H,26,27,31);1H. The molecule has 70 heavy (non-hydrogen) atoms. The second-order valence-electron chi connectivity index (χ2n) is 17.6. The summed E-state index contributed by atoms with van der Waals surface area (Å²) in [6, 6.07) is 17.3. The first-order valence-electron chi connectivity index (χ1n) is 22.5. The summed E-state index contributed by atoms with van der Waals surface area (Å²) in [6.45, 7) is -0.107. The first kappa shape index (κ1) is 53.1. The maximum atomic E-state index is 13.3. The van der Waals surface area contributed by atoms with E-state index >= 15 is 0 Å². The number of amides is 5. The van der Waals surface area contributed by atoms with E-state index in [-0.39, 0.29) is 71.6 Å². The highest BCUT2D eigenvalue weighted by atomic mass is 35.5. The number of benzene rings is 2. The van der Waals surface area contributed by atoms with Crippen LogP contribution in [-0.2, 0) is 19.1 Å². The average molecular weight is 1020 g/mol. The normalized spacial score (nSPS) is 17.8. The minimum atomic E-state index is -0.581. The van der Waals surface area contributed by atoms with Gasteiger partial charge in [0.05, 0.1) is 10.0 Å². The molecule has 0 aliphatic heterocycles. The van der Waals surface area contributed by atoms with Gasteiger partial charge in [-0.2, -0.15) is 0 Å². The molecule has 0 saturated heterocycles. The molecule has 2 saturated carbocycles. The van der Waals surface area contributed by atoms with E-state index in [1.165, 1.54) is 19.5 Å². The number of hydrogen-bond acceptors (Lipinski definition) is 13. The lowest BCUT2D eigenvalue weighted by atomic mass is 9.85. The summed E-state index contributed by atoms with van der Waals surface area (Å²) >= 11 is 11.8. The van der Waals surface area contributed by atoms with Crippen LogP contribution in [0.5, 0.6) is 0 Å². The highest BCUT2D eigenvalue weighted by molar-refractivity contribution is 6.30. The highest BCUT2D eigenvalue weighted by Gasteiger charge is 2.32. The number of hydrogen-bond donors (Lipinski definition) is 6. The van der Waals surface area contributed by atoms with Crippen LogP contribution in [0.15, 0.2) is 81.9 Å². The molecular weight excluding hydrogens is 963 g/mol. The van der Waals surface area contributed by atoms with Crippen LogP contribution in [0, 0.1) is 11.8 Å². The fourth-order valence-corrected chi connectivity index (χ4v) is 8.82. The number of furan rings is 2. The molecule has 2 fully saturated rings. The quantitative estimate of drug-likeness (QED) is 0.0593. The van der Waals surface area contributed by atoms with Crippen molar-refractivity contribution >= 4 is 121 Å². The Morgan fingerprint density at radius 2 is 1.07 bits per heavy atom. The van der Waals surface area contributed by atoms with Crippen LogP contribution in [0.4, 0.5) is 34.4 Å². The Balaban J connectivity index is 0.000000229. The third-order valence-electron chi connectivity index (χ3n) is 12.4. The van der Waals surface area contributed by atoms with Crippen LogP contribution in [-0.4, -0.2) is 103 Å². The predicted molar refractivity (Wildman–Crippen MR) is 275 cm³/mol. The Bertz CT molecular complexity index is 2800. The minimum Gasteiger partial charge on any atom is -0.449 e. The predicted octanol–water partition coefficient (Wildman–Crippen LogP) is 9.17. The van der Waals surface area contributed by atoms with Crippen molar-refractivity contribution in [2.45, 2.75) is 63.5 Å². The lowest BCUT2D eigenvalue weighted by Gasteiger charge is -2.31. The van der Waals surface area contributed by atoms with Crippen molar-refractivity contribution in [3.63, 3.8) is 0 Å². The number of carbonyl (C=O) groups is 5. The van der Waals surface area contributed by atoms with Crippen LogP contribution >= 0.6 is 35.6 Å². The number of rotatable bonds is 13. The number of nitrogen functional groups attached to an aromatic ring is 1. The van der Waals surface area contributed by atoms with Gasteiger partial charge in [0, 0.05) is 65.6 Å². The maximum Gasteiger partial charge on any atom is 0.294 e. The Labute approximate surface area is 421 Å². The molecule has 0 spiro atoms. The van der Waals surface area contributed by atoms with E-state index in [1.54, 1.807) is 60.7 Å². The molecular formula is C49H57Cl3N10O8. The smallest absolute Gasteiger partial charge is 0.294 e. The van der Waals surface area contributed by atoms with Gasteiger partial charge in [-0.3, -0.25) is 24.0 Å². The van der Waals surface area contributed by atoms with Crippen molar-refractivity contribution in [3.8, 4) is 0 Å². The molecule has 2 aliphatic rings. The third kappa shape index (κ3) is 13.3. The second-order valence-corrected chi connectivity index (χ2v) is 18.5. The largest absolute Gasteiger partial charge is 0.449 e. The van der Waals surface area contributed by atoms with E-state index in [2.05, 4.69) is 60.4 Å². The molecule has 0 atom stereocenters. The van der Waals surface area contributed by atoms with Crippen molar-refractivity contribution in [1.29, 1.82) is 0 Å². The zero-order chi connectivity index (χ0) is 49.4. The first-order chi connectivity index (χ1) is 33.1. The van der Waals surface area contributed by atoms with Crippen molar-refractivity contribution in [3.05, 3.63) is 94.6 Å². The Hall–Kier alpha value is -6.28. The van der Waals surface area contributed by atoms with Crippen LogP contribution in [0.25, 0.3) is 21.9 Å². The fraction of sp³-hybridized carbons (Fsp3) is 0.367. The number of anilines is 6. The number of fused-ring (bicyclic) bond motifs is 2. The number of nitrogens with one attached hydrogen (secondary N) is 5. The van der Waals surface area contributed by atoms with E-state index in [1.807, 2.05) is 14.1 Å². The van der Waals surface area contributed by atoms with Gasteiger partial charge in [-0.15, -0.1) is 12.4 Å². The number of aromatic nitrogens is 2. The van der Waals surface area contributed by atoms with Crippen molar-refractivity contribution in [1.82, 2.24) is 19.8 Å². The molecule has 7 N–H and O–H groups in total. The number of methoxy groups -OCH3 is 1. The maximum absolute atomic E-state index is 13.3. The first-order valence-corrected chi connectivity index (χ1v) is 23.3. The molecule has 21 heteroatoms. The summed E-state index contributed by atoms with van der Waals surface area (Å²) in [6.07, 6.45) is 9.69. The molecule has 2 aromatic carbocycles. The van der Waals surface area contributed by atoms with Crippen molar-refractivity contribution < 1.29 is 37.5 Å². The fourth-order valence-electron chi connectivity index (χ4n) is 8.59. The molecule has 2 aliphatic carbocycles. The van der Waals surface area contributed by atoms with E-state index in [0.717, 1.165) is 51.4 Å². The summed E-state index contributed by atoms with van der Waals surface area (Å²) in [5, 5.41) is 15.9. The van der Waals surface area contributed by atoms with E-state index in [4.69, 9.17) is 42.5 Å². The topological polar surface area (TPSA) is 239 Å². The molecule has 4 aromatic heterocycles. The summed E-state index contributed by atoms with van der Waals surface area (Å²) < 4.78 is 16.6. The van der Waals surface area contributed by atoms with Gasteiger partial charge in [-0.1, -0.05) is 23.2 Å². The summed E-state index contributed by atoms with van der Waals surface area (Å²) in [5.74, 6) is -1.51. The molecule has 0 unspecified atom stereocenters.